The summed E-state index contributed by atoms with van der Waals surface area (Å²) in [6, 6.07) is 15.9. The Morgan fingerprint density at radius 1 is 0.741 bits per heavy atom. The van der Waals surface area contributed by atoms with E-state index in [0.29, 0.717) is 0 Å². The van der Waals surface area contributed by atoms with Gasteiger partial charge in [0.05, 0.1) is 11.7 Å². The van der Waals surface area contributed by atoms with E-state index in [4.69, 9.17) is 4.55 Å². The normalized spacial score (nSPS) is 30.8. The number of carbonyl (C=O) groups is 2. The van der Waals surface area contributed by atoms with Crippen molar-refractivity contribution in [3.05, 3.63) is 70.8 Å². The van der Waals surface area contributed by atoms with Crippen LogP contribution in [-0.2, 0) is 19.7 Å². The second-order valence-corrected chi connectivity index (χ2v) is 9.27. The van der Waals surface area contributed by atoms with E-state index in [9.17, 15) is 18.0 Å². The minimum atomic E-state index is -4.21. The molecule has 2 unspecified atom stereocenters. The summed E-state index contributed by atoms with van der Waals surface area (Å²) >= 11 is 0. The maximum absolute atomic E-state index is 13.2. The molecule has 4 aliphatic rings. The molecule has 1 fully saturated rings. The van der Waals surface area contributed by atoms with E-state index in [1.807, 2.05) is 48.5 Å². The van der Waals surface area contributed by atoms with Gasteiger partial charge in [-0.05, 0) is 28.7 Å². The van der Waals surface area contributed by atoms with E-state index in [1.54, 1.807) is 0 Å². The average Bonchev–Trinajstić information content (AvgIpc) is 2.90. The highest BCUT2D eigenvalue weighted by molar-refractivity contribution is 7.85. The lowest BCUT2D eigenvalue weighted by molar-refractivity contribution is -0.128. The first kappa shape index (κ1) is 16.8. The lowest BCUT2D eigenvalue weighted by Gasteiger charge is -2.46. The number of benzene rings is 2. The Morgan fingerprint density at radius 3 is 1.44 bits per heavy atom. The summed E-state index contributed by atoms with van der Waals surface area (Å²) < 4.78 is 31.4. The van der Waals surface area contributed by atoms with Gasteiger partial charge in [-0.3, -0.25) is 14.1 Å². The molecule has 0 heterocycles. The van der Waals surface area contributed by atoms with Crippen LogP contribution in [0.2, 0.25) is 0 Å². The first-order chi connectivity index (χ1) is 12.9. The molecule has 0 spiro atoms. The van der Waals surface area contributed by atoms with E-state index in [1.165, 1.54) is 0 Å². The Bertz CT molecular complexity index is 972. The Balaban J connectivity index is 1.65. The molecule has 0 amide bonds. The number of Topliss-reactive ketones (excluding diaryl/α,β-unsaturated/α-hetero) is 2. The standard InChI is InChI=1S/C21H18O5S/c22-20-15(9-10-27(24,25)26)21(23)19-17-12-6-2-1-5-11(12)16(18(19)20)13-7-3-4-8-14(13)17/h1-8,15-19H,9-10H2,(H,24,25,26). The zero-order chi connectivity index (χ0) is 18.9. The number of carbonyl (C=O) groups excluding carboxylic acids is 2. The fourth-order valence-corrected chi connectivity index (χ4v) is 6.05. The quantitative estimate of drug-likeness (QED) is 0.651. The third-order valence-electron chi connectivity index (χ3n) is 6.45. The van der Waals surface area contributed by atoms with Crippen molar-refractivity contribution in [2.45, 2.75) is 18.3 Å². The van der Waals surface area contributed by atoms with Crippen molar-refractivity contribution in [1.29, 1.82) is 0 Å². The molecule has 0 radical (unpaired) electrons. The van der Waals surface area contributed by atoms with Gasteiger partial charge in [0.1, 0.15) is 11.6 Å². The molecule has 4 aliphatic carbocycles. The molecule has 6 rings (SSSR count). The predicted molar refractivity (Wildman–Crippen MR) is 98.1 cm³/mol. The zero-order valence-electron chi connectivity index (χ0n) is 14.4. The molecular weight excluding hydrogens is 364 g/mol. The van der Waals surface area contributed by atoms with Crippen LogP contribution in [0.3, 0.4) is 0 Å². The zero-order valence-corrected chi connectivity index (χ0v) is 15.2. The largest absolute Gasteiger partial charge is 0.299 e. The molecule has 27 heavy (non-hydrogen) atoms. The van der Waals surface area contributed by atoms with Crippen LogP contribution in [0.25, 0.3) is 0 Å². The fraction of sp³-hybridized carbons (Fsp3) is 0.333. The van der Waals surface area contributed by atoms with E-state index >= 15 is 0 Å². The van der Waals surface area contributed by atoms with Crippen LogP contribution in [0.5, 0.6) is 0 Å². The summed E-state index contributed by atoms with van der Waals surface area (Å²) in [5, 5.41) is 0. The van der Waals surface area contributed by atoms with Crippen molar-refractivity contribution in [1.82, 2.24) is 0 Å². The average molecular weight is 382 g/mol. The van der Waals surface area contributed by atoms with Gasteiger partial charge in [0.2, 0.25) is 0 Å². The monoisotopic (exact) mass is 382 g/mol. The van der Waals surface area contributed by atoms with Crippen LogP contribution >= 0.6 is 0 Å². The van der Waals surface area contributed by atoms with Gasteiger partial charge in [-0.2, -0.15) is 8.42 Å². The predicted octanol–water partition coefficient (Wildman–Crippen LogP) is 2.56. The molecule has 2 bridgehead atoms. The summed E-state index contributed by atoms with van der Waals surface area (Å²) in [5.74, 6) is -3.09. The highest BCUT2D eigenvalue weighted by atomic mass is 32.2. The summed E-state index contributed by atoms with van der Waals surface area (Å²) in [6.45, 7) is 0. The lowest BCUT2D eigenvalue weighted by atomic mass is 9.55. The molecular formula is C21H18O5S. The van der Waals surface area contributed by atoms with Crippen LogP contribution in [-0.4, -0.2) is 30.3 Å². The molecule has 0 saturated heterocycles. The maximum Gasteiger partial charge on any atom is 0.264 e. The van der Waals surface area contributed by atoms with Gasteiger partial charge in [0.15, 0.2) is 0 Å². The summed E-state index contributed by atoms with van der Waals surface area (Å²) in [7, 11) is -4.21. The maximum atomic E-state index is 13.2. The Labute approximate surface area is 157 Å². The van der Waals surface area contributed by atoms with E-state index in [-0.39, 0.29) is 29.8 Å². The van der Waals surface area contributed by atoms with Gasteiger partial charge < -0.3 is 0 Å². The molecule has 6 heteroatoms. The minimum Gasteiger partial charge on any atom is -0.299 e. The minimum absolute atomic E-state index is 0.143. The molecule has 5 nitrogen and oxygen atoms in total. The van der Waals surface area contributed by atoms with E-state index in [2.05, 4.69) is 0 Å². The Morgan fingerprint density at radius 2 is 1.11 bits per heavy atom. The lowest BCUT2D eigenvalue weighted by Crippen LogP contribution is -2.41. The van der Waals surface area contributed by atoms with Crippen LogP contribution in [0, 0.1) is 17.8 Å². The SMILES string of the molecule is O=C1C(CCS(=O)(=O)O)C(=O)C2C3c4ccccc4C(c4ccccc43)C12. The summed E-state index contributed by atoms with van der Waals surface area (Å²) in [4.78, 5) is 26.4. The highest BCUT2D eigenvalue weighted by Gasteiger charge is 2.61. The van der Waals surface area contributed by atoms with Gasteiger partial charge >= 0.3 is 0 Å². The van der Waals surface area contributed by atoms with Crippen LogP contribution in [0.4, 0.5) is 0 Å². The molecule has 0 aliphatic heterocycles. The van der Waals surface area contributed by atoms with Crippen LogP contribution < -0.4 is 0 Å². The third-order valence-corrected chi connectivity index (χ3v) is 7.20. The van der Waals surface area contributed by atoms with Crippen molar-refractivity contribution in [3.8, 4) is 0 Å². The first-order valence-corrected chi connectivity index (χ1v) is 10.7. The highest BCUT2D eigenvalue weighted by Crippen LogP contribution is 2.62. The smallest absolute Gasteiger partial charge is 0.264 e. The second-order valence-electron chi connectivity index (χ2n) is 7.70. The fourth-order valence-electron chi connectivity index (χ4n) is 5.52. The topological polar surface area (TPSA) is 88.5 Å². The van der Waals surface area contributed by atoms with Gasteiger partial charge in [-0.1, -0.05) is 48.5 Å². The Hall–Kier alpha value is -2.31. The second kappa shape index (κ2) is 5.59. The van der Waals surface area contributed by atoms with Crippen LogP contribution in [0.1, 0.15) is 40.5 Å². The number of ketones is 2. The molecule has 2 aromatic carbocycles. The number of hydrogen-bond acceptors (Lipinski definition) is 4. The van der Waals surface area contributed by atoms with Gasteiger partial charge in [-0.25, -0.2) is 0 Å². The van der Waals surface area contributed by atoms with Gasteiger partial charge in [0.25, 0.3) is 10.1 Å². The molecule has 2 atom stereocenters. The van der Waals surface area contributed by atoms with Crippen LogP contribution in [0.15, 0.2) is 48.5 Å². The summed E-state index contributed by atoms with van der Waals surface area (Å²) in [6.07, 6.45) is -0.143. The van der Waals surface area contributed by atoms with E-state index < -0.39 is 33.6 Å². The number of hydrogen-bond donors (Lipinski definition) is 1. The van der Waals surface area contributed by atoms with Crippen molar-refractivity contribution in [2.75, 3.05) is 5.75 Å². The summed E-state index contributed by atoms with van der Waals surface area (Å²) in [5.41, 5.74) is 4.39. The van der Waals surface area contributed by atoms with Gasteiger partial charge in [-0.15, -0.1) is 0 Å². The van der Waals surface area contributed by atoms with E-state index in [0.717, 1.165) is 22.3 Å². The molecule has 2 aromatic rings. The van der Waals surface area contributed by atoms with Crippen molar-refractivity contribution in [2.24, 2.45) is 17.8 Å². The third kappa shape index (κ3) is 2.29. The molecule has 1 saturated carbocycles. The number of rotatable bonds is 3. The van der Waals surface area contributed by atoms with Gasteiger partial charge in [0, 0.05) is 23.7 Å². The Kier molecular flexibility index (Phi) is 3.49. The van der Waals surface area contributed by atoms with Crippen molar-refractivity contribution >= 4 is 21.7 Å². The first-order valence-electron chi connectivity index (χ1n) is 9.09. The van der Waals surface area contributed by atoms with Crippen molar-refractivity contribution < 1.29 is 22.6 Å². The molecule has 138 valence electrons. The molecule has 0 aromatic heterocycles. The van der Waals surface area contributed by atoms with Crippen molar-refractivity contribution in [3.63, 3.8) is 0 Å². The molecule has 1 N–H and O–H groups in total.